The van der Waals surface area contributed by atoms with Crippen LogP contribution >= 0.6 is 0 Å². The largest absolute Gasteiger partial charge is 0.383 e. The van der Waals surface area contributed by atoms with Crippen LogP contribution in [0.25, 0.3) is 11.1 Å². The maximum atomic E-state index is 11.6. The summed E-state index contributed by atoms with van der Waals surface area (Å²) in [5.41, 5.74) is 13.2. The van der Waals surface area contributed by atoms with Gasteiger partial charge in [0.05, 0.1) is 12.6 Å². The molecule has 5 N–H and O–H groups in total. The molecule has 2 heterocycles. The molecular formula is C20H27N7O2. The van der Waals surface area contributed by atoms with E-state index in [1.807, 2.05) is 36.7 Å². The number of benzene rings is 1. The van der Waals surface area contributed by atoms with Crippen molar-refractivity contribution in [1.82, 2.24) is 15.3 Å². The normalized spacial score (nSPS) is 16.3. The molecule has 1 unspecified atom stereocenters. The van der Waals surface area contributed by atoms with Gasteiger partial charge in [-0.3, -0.25) is 0 Å². The van der Waals surface area contributed by atoms with Crippen LogP contribution in [0.2, 0.25) is 0 Å². The Balaban J connectivity index is 1.69. The van der Waals surface area contributed by atoms with Gasteiger partial charge in [0, 0.05) is 38.2 Å². The molecule has 1 fully saturated rings. The minimum atomic E-state index is -0.574. The molecule has 0 radical (unpaired) electrons. The zero-order valence-electron chi connectivity index (χ0n) is 16.5. The maximum absolute atomic E-state index is 11.6. The van der Waals surface area contributed by atoms with Gasteiger partial charge in [-0.1, -0.05) is 18.2 Å². The van der Waals surface area contributed by atoms with Crippen molar-refractivity contribution in [2.45, 2.75) is 31.8 Å². The van der Waals surface area contributed by atoms with Crippen molar-refractivity contribution in [3.8, 4) is 11.1 Å². The molecule has 1 aliphatic heterocycles. The van der Waals surface area contributed by atoms with Crippen LogP contribution in [0.1, 0.15) is 24.8 Å². The lowest BCUT2D eigenvalue weighted by atomic mass is 10.0. The molecule has 1 saturated heterocycles. The molecule has 0 bridgehead atoms. The number of hydrogen-bond acceptors (Lipinski definition) is 5. The van der Waals surface area contributed by atoms with E-state index in [2.05, 4.69) is 25.2 Å². The third-order valence-corrected chi connectivity index (χ3v) is 4.82. The van der Waals surface area contributed by atoms with E-state index in [1.165, 1.54) is 6.42 Å². The summed E-state index contributed by atoms with van der Waals surface area (Å²) in [6.45, 7) is 1.94. The van der Waals surface area contributed by atoms with Crippen molar-refractivity contribution < 1.29 is 9.53 Å². The van der Waals surface area contributed by atoms with E-state index in [0.29, 0.717) is 19.2 Å². The Hall–Kier alpha value is -3.20. The second-order valence-electron chi connectivity index (χ2n) is 6.97. The smallest absolute Gasteiger partial charge is 0.344 e. The minimum Gasteiger partial charge on any atom is -0.383 e. The van der Waals surface area contributed by atoms with Crippen molar-refractivity contribution in [2.75, 3.05) is 25.2 Å². The highest BCUT2D eigenvalue weighted by Crippen LogP contribution is 2.24. The summed E-state index contributed by atoms with van der Waals surface area (Å²) in [6.07, 6.45) is 7.09. The third-order valence-electron chi connectivity index (χ3n) is 4.82. The van der Waals surface area contributed by atoms with Gasteiger partial charge in [-0.2, -0.15) is 4.99 Å². The number of aromatic nitrogens is 2. The first-order valence-electron chi connectivity index (χ1n) is 9.61. The topological polar surface area (TPSA) is 132 Å². The molecule has 9 heteroatoms. The summed E-state index contributed by atoms with van der Waals surface area (Å²) in [5.74, 6) is 0.464. The predicted molar refractivity (Wildman–Crippen MR) is 112 cm³/mol. The second kappa shape index (κ2) is 9.83. The van der Waals surface area contributed by atoms with Crippen LogP contribution in [0.3, 0.4) is 0 Å². The van der Waals surface area contributed by atoms with Gasteiger partial charge in [-0.05, 0) is 36.5 Å². The summed E-state index contributed by atoms with van der Waals surface area (Å²) in [5, 5.41) is 2.64. The van der Waals surface area contributed by atoms with E-state index in [-0.39, 0.29) is 5.96 Å². The number of nitrogens with zero attached hydrogens (tertiary/aromatic N) is 4. The van der Waals surface area contributed by atoms with E-state index in [9.17, 15) is 4.79 Å². The fourth-order valence-corrected chi connectivity index (χ4v) is 3.44. The number of carbonyl (C=O) groups excluding carboxylic acids is 1. The first-order chi connectivity index (χ1) is 14.1. The number of guanidine groups is 1. The number of amides is 2. The lowest BCUT2D eigenvalue weighted by Crippen LogP contribution is -2.43. The zero-order valence-corrected chi connectivity index (χ0v) is 16.5. The van der Waals surface area contributed by atoms with Crippen LogP contribution in [0.5, 0.6) is 0 Å². The van der Waals surface area contributed by atoms with Crippen LogP contribution in [-0.2, 0) is 11.3 Å². The van der Waals surface area contributed by atoms with Gasteiger partial charge in [0.1, 0.15) is 0 Å². The molecule has 0 aliphatic carbocycles. The first kappa shape index (κ1) is 20.5. The molecule has 0 saturated carbocycles. The summed E-state index contributed by atoms with van der Waals surface area (Å²) in [7, 11) is 1.73. The van der Waals surface area contributed by atoms with Gasteiger partial charge in [-0.25, -0.2) is 14.8 Å². The predicted octanol–water partition coefficient (Wildman–Crippen LogP) is 1.63. The van der Waals surface area contributed by atoms with E-state index in [1.54, 1.807) is 7.11 Å². The summed E-state index contributed by atoms with van der Waals surface area (Å²) >= 11 is 0. The van der Waals surface area contributed by atoms with E-state index in [0.717, 1.165) is 42.0 Å². The van der Waals surface area contributed by atoms with Crippen molar-refractivity contribution in [3.05, 3.63) is 42.2 Å². The molecule has 3 rings (SSSR count). The molecule has 1 aromatic carbocycles. The van der Waals surface area contributed by atoms with Gasteiger partial charge in [0.2, 0.25) is 5.95 Å². The Morgan fingerprint density at radius 2 is 2.07 bits per heavy atom. The van der Waals surface area contributed by atoms with Crippen molar-refractivity contribution in [1.29, 1.82) is 0 Å². The number of ether oxygens (including phenoxy) is 1. The highest BCUT2D eigenvalue weighted by molar-refractivity contribution is 5.90. The monoisotopic (exact) mass is 397 g/mol. The standard InChI is InChI=1S/C20H27N7O2/c1-29-13-17-7-2-3-8-27(17)19-23-11-16(12-24-19)15-6-4-5-14(9-15)10-25-20(28)26-18(21)22/h4-6,9,11-12,17H,2-3,7-8,10,13H2,1H3,(H5,21,22,25,26,28). The van der Waals surface area contributed by atoms with Crippen LogP contribution in [0.4, 0.5) is 10.7 Å². The minimum absolute atomic E-state index is 0.269. The summed E-state index contributed by atoms with van der Waals surface area (Å²) < 4.78 is 5.35. The average Bonchev–Trinajstić information content (AvgIpc) is 2.73. The number of urea groups is 1. The van der Waals surface area contributed by atoms with E-state index >= 15 is 0 Å². The van der Waals surface area contributed by atoms with Crippen LogP contribution in [-0.4, -0.2) is 48.3 Å². The number of methoxy groups -OCH3 is 1. The Morgan fingerprint density at radius 1 is 1.28 bits per heavy atom. The molecule has 2 amide bonds. The first-order valence-corrected chi connectivity index (χ1v) is 9.61. The zero-order chi connectivity index (χ0) is 20.6. The molecular weight excluding hydrogens is 370 g/mol. The van der Waals surface area contributed by atoms with Crippen LogP contribution < -0.4 is 21.7 Å². The number of hydrogen-bond donors (Lipinski definition) is 3. The lowest BCUT2D eigenvalue weighted by Gasteiger charge is -2.35. The maximum Gasteiger partial charge on any atom is 0.344 e. The Labute approximate surface area is 170 Å². The number of nitrogens with one attached hydrogen (secondary N) is 1. The SMILES string of the molecule is COCC1CCCCN1c1ncc(-c2cccc(CNC(=O)N=C(N)N)c2)cn1. The molecule has 2 aromatic rings. The molecule has 1 aliphatic rings. The molecule has 154 valence electrons. The molecule has 0 spiro atoms. The quantitative estimate of drug-likeness (QED) is 0.498. The van der Waals surface area contributed by atoms with Crippen LogP contribution in [0.15, 0.2) is 41.7 Å². The highest BCUT2D eigenvalue weighted by atomic mass is 16.5. The van der Waals surface area contributed by atoms with Gasteiger partial charge >= 0.3 is 6.03 Å². The van der Waals surface area contributed by atoms with Gasteiger partial charge in [0.15, 0.2) is 5.96 Å². The van der Waals surface area contributed by atoms with Crippen molar-refractivity contribution in [3.63, 3.8) is 0 Å². The fourth-order valence-electron chi connectivity index (χ4n) is 3.44. The van der Waals surface area contributed by atoms with E-state index < -0.39 is 6.03 Å². The van der Waals surface area contributed by atoms with Gasteiger partial charge in [0.25, 0.3) is 0 Å². The van der Waals surface area contributed by atoms with Crippen molar-refractivity contribution >= 4 is 17.9 Å². The fraction of sp³-hybridized carbons (Fsp3) is 0.400. The van der Waals surface area contributed by atoms with Crippen molar-refractivity contribution in [2.24, 2.45) is 16.5 Å². The summed E-state index contributed by atoms with van der Waals surface area (Å²) in [4.78, 5) is 26.4. The highest BCUT2D eigenvalue weighted by Gasteiger charge is 2.24. The van der Waals surface area contributed by atoms with Gasteiger partial charge < -0.3 is 26.4 Å². The molecule has 29 heavy (non-hydrogen) atoms. The lowest BCUT2D eigenvalue weighted by molar-refractivity contribution is 0.165. The second-order valence-corrected chi connectivity index (χ2v) is 6.97. The Morgan fingerprint density at radius 3 is 2.79 bits per heavy atom. The Bertz CT molecular complexity index is 848. The number of piperidine rings is 1. The molecule has 1 aromatic heterocycles. The number of anilines is 1. The third kappa shape index (κ3) is 5.64. The number of aliphatic imine (C=N–C) groups is 1. The Kier molecular flexibility index (Phi) is 6.96. The van der Waals surface area contributed by atoms with Crippen LogP contribution in [0, 0.1) is 0 Å². The van der Waals surface area contributed by atoms with Gasteiger partial charge in [-0.15, -0.1) is 0 Å². The molecule has 9 nitrogen and oxygen atoms in total. The number of nitrogens with two attached hydrogens (primary N) is 2. The molecule has 1 atom stereocenters. The van der Waals surface area contributed by atoms with E-state index in [4.69, 9.17) is 16.2 Å². The average molecular weight is 397 g/mol. The summed E-state index contributed by atoms with van der Waals surface area (Å²) in [6, 6.07) is 7.53. The number of carbonyl (C=O) groups is 1. The number of rotatable bonds is 6.